The van der Waals surface area contributed by atoms with E-state index in [2.05, 4.69) is 0 Å². The average molecular weight is 260 g/mol. The number of carboxylic acids is 1. The smallest absolute Gasteiger partial charge is 0.323 e. The van der Waals surface area contributed by atoms with E-state index in [1.807, 2.05) is 13.8 Å². The molecule has 106 valence electrons. The first-order valence-corrected chi connectivity index (χ1v) is 6.09. The Morgan fingerprint density at radius 2 is 1.94 bits per heavy atom. The van der Waals surface area contributed by atoms with E-state index in [9.17, 15) is 9.59 Å². The molecule has 0 bridgehead atoms. The molecule has 0 aliphatic carbocycles. The zero-order valence-corrected chi connectivity index (χ0v) is 11.7. The Morgan fingerprint density at radius 1 is 1.33 bits per heavy atom. The average Bonchev–Trinajstić information content (AvgIpc) is 2.26. The van der Waals surface area contributed by atoms with Gasteiger partial charge in [-0.05, 0) is 12.3 Å². The molecule has 0 rings (SSSR count). The summed E-state index contributed by atoms with van der Waals surface area (Å²) in [5, 5.41) is 8.81. The second-order valence-corrected chi connectivity index (χ2v) is 4.72. The standard InChI is InChI=1S/C12H24N2O4/c1-10(2)8-14(9-11(15)16)12(17)13(3)6-5-7-18-4/h10H,5-9H2,1-4H3,(H,15,16). The Kier molecular flexibility index (Phi) is 8.11. The van der Waals surface area contributed by atoms with Crippen molar-refractivity contribution in [1.29, 1.82) is 0 Å². The molecule has 0 aromatic heterocycles. The molecule has 0 heterocycles. The molecule has 0 fully saturated rings. The number of aliphatic carboxylic acids is 1. The summed E-state index contributed by atoms with van der Waals surface area (Å²) in [6.45, 7) is 5.23. The van der Waals surface area contributed by atoms with E-state index in [4.69, 9.17) is 9.84 Å². The van der Waals surface area contributed by atoms with Crippen LogP contribution < -0.4 is 0 Å². The Labute approximate surface area is 109 Å². The number of carbonyl (C=O) groups is 2. The van der Waals surface area contributed by atoms with Gasteiger partial charge < -0.3 is 19.6 Å². The lowest BCUT2D eigenvalue weighted by Gasteiger charge is -2.28. The lowest BCUT2D eigenvalue weighted by Crippen LogP contribution is -2.45. The van der Waals surface area contributed by atoms with E-state index in [1.165, 1.54) is 9.80 Å². The number of hydrogen-bond donors (Lipinski definition) is 1. The molecule has 0 spiro atoms. The molecule has 0 radical (unpaired) electrons. The molecule has 0 atom stereocenters. The molecule has 0 saturated carbocycles. The fourth-order valence-corrected chi connectivity index (χ4v) is 1.60. The van der Waals surface area contributed by atoms with E-state index < -0.39 is 5.97 Å². The minimum absolute atomic E-state index is 0.237. The number of urea groups is 1. The number of ether oxygens (including phenoxy) is 1. The van der Waals surface area contributed by atoms with Crippen molar-refractivity contribution in [3.63, 3.8) is 0 Å². The highest BCUT2D eigenvalue weighted by atomic mass is 16.5. The van der Waals surface area contributed by atoms with Gasteiger partial charge in [0, 0.05) is 33.9 Å². The number of carbonyl (C=O) groups excluding carboxylic acids is 1. The lowest BCUT2D eigenvalue weighted by molar-refractivity contribution is -0.137. The van der Waals surface area contributed by atoms with Crippen LogP contribution in [-0.4, -0.2) is 67.3 Å². The van der Waals surface area contributed by atoms with Crippen LogP contribution in [0, 0.1) is 5.92 Å². The third-order valence-corrected chi connectivity index (χ3v) is 2.35. The molecule has 2 amide bonds. The molecule has 0 saturated heterocycles. The fourth-order valence-electron chi connectivity index (χ4n) is 1.60. The number of carboxylic acid groups (broad SMARTS) is 1. The van der Waals surface area contributed by atoms with Crippen molar-refractivity contribution in [1.82, 2.24) is 9.80 Å². The molecule has 0 aliphatic heterocycles. The maximum atomic E-state index is 12.1. The number of amides is 2. The van der Waals surface area contributed by atoms with Crippen LogP contribution in [0.25, 0.3) is 0 Å². The second-order valence-electron chi connectivity index (χ2n) is 4.72. The summed E-state index contributed by atoms with van der Waals surface area (Å²) in [6.07, 6.45) is 0.737. The van der Waals surface area contributed by atoms with Crippen molar-refractivity contribution < 1.29 is 19.4 Å². The van der Waals surface area contributed by atoms with Crippen LogP contribution in [0.1, 0.15) is 20.3 Å². The quantitative estimate of drug-likeness (QED) is 0.664. The van der Waals surface area contributed by atoms with Crippen LogP contribution in [-0.2, 0) is 9.53 Å². The van der Waals surface area contributed by atoms with Crippen LogP contribution in [0.3, 0.4) is 0 Å². The molecular formula is C12H24N2O4. The predicted molar refractivity (Wildman–Crippen MR) is 68.6 cm³/mol. The van der Waals surface area contributed by atoms with E-state index >= 15 is 0 Å². The zero-order valence-electron chi connectivity index (χ0n) is 11.7. The van der Waals surface area contributed by atoms with Gasteiger partial charge in [-0.1, -0.05) is 13.8 Å². The summed E-state index contributed by atoms with van der Waals surface area (Å²) < 4.78 is 4.92. The molecule has 0 aromatic carbocycles. The maximum absolute atomic E-state index is 12.1. The van der Waals surface area contributed by atoms with Crippen LogP contribution in [0.15, 0.2) is 0 Å². The van der Waals surface area contributed by atoms with Gasteiger partial charge in [-0.3, -0.25) is 4.79 Å². The van der Waals surface area contributed by atoms with Crippen molar-refractivity contribution in [2.75, 3.05) is 40.4 Å². The van der Waals surface area contributed by atoms with Crippen molar-refractivity contribution >= 4 is 12.0 Å². The van der Waals surface area contributed by atoms with Crippen LogP contribution in [0.2, 0.25) is 0 Å². The first-order valence-electron chi connectivity index (χ1n) is 6.09. The third-order valence-electron chi connectivity index (χ3n) is 2.35. The summed E-state index contributed by atoms with van der Waals surface area (Å²) in [5.41, 5.74) is 0. The minimum Gasteiger partial charge on any atom is -0.480 e. The largest absolute Gasteiger partial charge is 0.480 e. The van der Waals surface area contributed by atoms with Gasteiger partial charge in [0.1, 0.15) is 6.54 Å². The van der Waals surface area contributed by atoms with E-state index in [0.29, 0.717) is 19.7 Å². The molecule has 6 nitrogen and oxygen atoms in total. The lowest BCUT2D eigenvalue weighted by atomic mass is 10.2. The van der Waals surface area contributed by atoms with Gasteiger partial charge in [-0.25, -0.2) is 4.79 Å². The molecule has 18 heavy (non-hydrogen) atoms. The van der Waals surface area contributed by atoms with Gasteiger partial charge in [0.2, 0.25) is 0 Å². The summed E-state index contributed by atoms with van der Waals surface area (Å²) in [6, 6.07) is -0.248. The summed E-state index contributed by atoms with van der Waals surface area (Å²) in [5.74, 6) is -0.755. The Hall–Kier alpha value is -1.30. The zero-order chi connectivity index (χ0) is 14.1. The Bertz CT molecular complexity index is 269. The summed E-state index contributed by atoms with van der Waals surface area (Å²) >= 11 is 0. The Morgan fingerprint density at radius 3 is 2.39 bits per heavy atom. The highest BCUT2D eigenvalue weighted by molar-refractivity contribution is 5.80. The minimum atomic E-state index is -0.991. The molecule has 0 unspecified atom stereocenters. The number of methoxy groups -OCH3 is 1. The first-order chi connectivity index (χ1) is 8.38. The first kappa shape index (κ1) is 16.7. The van der Waals surface area contributed by atoms with Gasteiger partial charge in [0.15, 0.2) is 0 Å². The molecule has 1 N–H and O–H groups in total. The van der Waals surface area contributed by atoms with E-state index in [-0.39, 0.29) is 18.5 Å². The van der Waals surface area contributed by atoms with Crippen LogP contribution >= 0.6 is 0 Å². The molecular weight excluding hydrogens is 236 g/mol. The summed E-state index contributed by atoms with van der Waals surface area (Å²) in [7, 11) is 3.28. The van der Waals surface area contributed by atoms with Gasteiger partial charge in [-0.15, -0.1) is 0 Å². The van der Waals surface area contributed by atoms with E-state index in [1.54, 1.807) is 14.2 Å². The van der Waals surface area contributed by atoms with Crippen molar-refractivity contribution in [3.05, 3.63) is 0 Å². The normalized spacial score (nSPS) is 10.5. The van der Waals surface area contributed by atoms with Crippen molar-refractivity contribution in [3.8, 4) is 0 Å². The SMILES string of the molecule is COCCCN(C)C(=O)N(CC(=O)O)CC(C)C. The maximum Gasteiger partial charge on any atom is 0.323 e. The van der Waals surface area contributed by atoms with Gasteiger partial charge >= 0.3 is 12.0 Å². The molecule has 0 aromatic rings. The van der Waals surface area contributed by atoms with Gasteiger partial charge in [0.05, 0.1) is 0 Å². The molecule has 6 heteroatoms. The highest BCUT2D eigenvalue weighted by Gasteiger charge is 2.20. The monoisotopic (exact) mass is 260 g/mol. The number of hydrogen-bond acceptors (Lipinski definition) is 3. The second kappa shape index (κ2) is 8.74. The van der Waals surface area contributed by atoms with Crippen molar-refractivity contribution in [2.45, 2.75) is 20.3 Å². The summed E-state index contributed by atoms with van der Waals surface area (Å²) in [4.78, 5) is 25.7. The number of rotatable bonds is 8. The van der Waals surface area contributed by atoms with Crippen LogP contribution in [0.4, 0.5) is 4.79 Å². The van der Waals surface area contributed by atoms with Crippen molar-refractivity contribution in [2.24, 2.45) is 5.92 Å². The fraction of sp³-hybridized carbons (Fsp3) is 0.833. The van der Waals surface area contributed by atoms with Gasteiger partial charge in [0.25, 0.3) is 0 Å². The highest BCUT2D eigenvalue weighted by Crippen LogP contribution is 2.03. The Balaban J connectivity index is 4.38. The molecule has 0 aliphatic rings. The van der Waals surface area contributed by atoms with Crippen LogP contribution in [0.5, 0.6) is 0 Å². The topological polar surface area (TPSA) is 70.1 Å². The third kappa shape index (κ3) is 7.11. The van der Waals surface area contributed by atoms with E-state index in [0.717, 1.165) is 6.42 Å². The predicted octanol–water partition coefficient (Wildman–Crippen LogP) is 1.12. The van der Waals surface area contributed by atoms with Gasteiger partial charge in [-0.2, -0.15) is 0 Å². The number of nitrogens with zero attached hydrogens (tertiary/aromatic N) is 2.